The number of halogens is 2. The molecule has 3 heterocycles. The van der Waals surface area contributed by atoms with Gasteiger partial charge in [0, 0.05) is 18.7 Å². The fraction of sp³-hybridized carbons (Fsp3) is 0.577. The van der Waals surface area contributed by atoms with E-state index in [0.717, 1.165) is 38.8 Å². The van der Waals surface area contributed by atoms with E-state index in [1.165, 1.54) is 29.4 Å². The van der Waals surface area contributed by atoms with Crippen LogP contribution >= 0.6 is 0 Å². The van der Waals surface area contributed by atoms with Crippen LogP contribution in [0.3, 0.4) is 0 Å². The molecule has 0 aliphatic carbocycles. The lowest BCUT2D eigenvalue weighted by Gasteiger charge is -2.34. The van der Waals surface area contributed by atoms with Gasteiger partial charge < -0.3 is 19.6 Å². The Kier molecular flexibility index (Phi) is 7.96. The second-order valence-electron chi connectivity index (χ2n) is 10.2. The van der Waals surface area contributed by atoms with E-state index in [2.05, 4.69) is 14.9 Å². The summed E-state index contributed by atoms with van der Waals surface area (Å²) in [5.41, 5.74) is -0.202. The Bertz CT molecular complexity index is 1000. The molecule has 7 nitrogen and oxygen atoms in total. The number of benzene rings is 1. The predicted molar refractivity (Wildman–Crippen MR) is 128 cm³/mol. The minimum Gasteiger partial charge on any atom is -0.476 e. The van der Waals surface area contributed by atoms with Crippen LogP contribution in [0.25, 0.3) is 11.3 Å². The van der Waals surface area contributed by atoms with Crippen molar-refractivity contribution in [2.75, 3.05) is 39.4 Å². The molecule has 1 aromatic carbocycles. The number of ether oxygens (including phenoxy) is 1. The van der Waals surface area contributed by atoms with E-state index in [9.17, 15) is 18.7 Å². The zero-order valence-electron chi connectivity index (χ0n) is 20.4. The van der Waals surface area contributed by atoms with Gasteiger partial charge in [0.05, 0.1) is 42.9 Å². The summed E-state index contributed by atoms with van der Waals surface area (Å²) in [6, 6.07) is 4.14. The third kappa shape index (κ3) is 6.52. The lowest BCUT2D eigenvalue weighted by atomic mass is 9.97. The highest BCUT2D eigenvalue weighted by atomic mass is 19.1. The molecule has 0 radical (unpaired) electrons. The molecule has 0 unspecified atom stereocenters. The first-order valence-electron chi connectivity index (χ1n) is 12.3. The van der Waals surface area contributed by atoms with E-state index < -0.39 is 17.4 Å². The average Bonchev–Trinajstić information content (AvgIpc) is 3.31. The summed E-state index contributed by atoms with van der Waals surface area (Å²) < 4.78 is 34.4. The molecule has 1 amide bonds. The molecule has 2 fully saturated rings. The molecule has 35 heavy (non-hydrogen) atoms. The Morgan fingerprint density at radius 1 is 1.17 bits per heavy atom. The van der Waals surface area contributed by atoms with Crippen LogP contribution in [0.1, 0.15) is 49.9 Å². The van der Waals surface area contributed by atoms with Crippen LogP contribution in [0.2, 0.25) is 0 Å². The Balaban J connectivity index is 1.31. The number of hydrogen-bond acceptors (Lipinski definition) is 6. The van der Waals surface area contributed by atoms with E-state index in [4.69, 9.17) is 4.74 Å². The number of aliphatic hydroxyl groups excluding tert-OH is 1. The second-order valence-corrected chi connectivity index (χ2v) is 10.2. The summed E-state index contributed by atoms with van der Waals surface area (Å²) in [5, 5.41) is 9.45. The van der Waals surface area contributed by atoms with E-state index in [0.29, 0.717) is 42.8 Å². The van der Waals surface area contributed by atoms with Gasteiger partial charge in [-0.1, -0.05) is 6.07 Å². The zero-order chi connectivity index (χ0) is 25.0. The molecule has 1 aromatic heterocycles. The number of aromatic nitrogens is 2. The van der Waals surface area contributed by atoms with Crippen molar-refractivity contribution in [1.29, 1.82) is 0 Å². The first-order chi connectivity index (χ1) is 16.7. The molecule has 2 aromatic rings. The predicted octanol–water partition coefficient (Wildman–Crippen LogP) is 3.72. The quantitative estimate of drug-likeness (QED) is 0.610. The SMILES string of the molecule is CC(C)(F)CN1CCC(COc2cnc(-c3ccc(C(=O)N4CCC[C@@H]4CO)c(F)c3)cn2)CC1. The largest absolute Gasteiger partial charge is 0.476 e. The summed E-state index contributed by atoms with van der Waals surface area (Å²) >= 11 is 0. The summed E-state index contributed by atoms with van der Waals surface area (Å²) in [7, 11) is 0. The zero-order valence-corrected chi connectivity index (χ0v) is 20.4. The van der Waals surface area contributed by atoms with Crippen molar-refractivity contribution >= 4 is 5.91 Å². The van der Waals surface area contributed by atoms with Gasteiger partial charge in [-0.25, -0.2) is 18.7 Å². The molecular weight excluding hydrogens is 454 g/mol. The minimum absolute atomic E-state index is 0.0110. The van der Waals surface area contributed by atoms with Gasteiger partial charge in [0.2, 0.25) is 5.88 Å². The fourth-order valence-corrected chi connectivity index (χ4v) is 4.88. The van der Waals surface area contributed by atoms with Crippen molar-refractivity contribution in [2.24, 2.45) is 5.92 Å². The van der Waals surface area contributed by atoms with Crippen LogP contribution in [0.4, 0.5) is 8.78 Å². The summed E-state index contributed by atoms with van der Waals surface area (Å²) in [4.78, 5) is 25.1. The Hall–Kier alpha value is -2.65. The van der Waals surface area contributed by atoms with Crippen molar-refractivity contribution < 1.29 is 23.4 Å². The maximum atomic E-state index is 14.8. The molecule has 1 N–H and O–H groups in total. The highest BCUT2D eigenvalue weighted by molar-refractivity contribution is 5.95. The van der Waals surface area contributed by atoms with Crippen molar-refractivity contribution in [3.8, 4) is 17.1 Å². The number of rotatable bonds is 8. The number of carbonyl (C=O) groups excluding carboxylic acids is 1. The molecule has 2 saturated heterocycles. The van der Waals surface area contributed by atoms with Crippen LogP contribution in [0, 0.1) is 11.7 Å². The van der Waals surface area contributed by atoms with Gasteiger partial charge in [0.1, 0.15) is 11.5 Å². The van der Waals surface area contributed by atoms with Crippen molar-refractivity contribution in [2.45, 2.75) is 51.2 Å². The number of likely N-dealkylation sites (tertiary alicyclic amines) is 2. The maximum absolute atomic E-state index is 14.8. The Morgan fingerprint density at radius 2 is 1.94 bits per heavy atom. The van der Waals surface area contributed by atoms with Crippen LogP contribution in [0.5, 0.6) is 5.88 Å². The Labute approximate surface area is 205 Å². The first-order valence-corrected chi connectivity index (χ1v) is 12.3. The minimum atomic E-state index is -1.18. The summed E-state index contributed by atoms with van der Waals surface area (Å²) in [6.45, 7) is 6.30. The van der Waals surface area contributed by atoms with Gasteiger partial charge in [-0.3, -0.25) is 4.79 Å². The lowest BCUT2D eigenvalue weighted by molar-refractivity contribution is 0.0673. The highest BCUT2D eigenvalue weighted by Gasteiger charge is 2.30. The van der Waals surface area contributed by atoms with Crippen LogP contribution < -0.4 is 4.74 Å². The van der Waals surface area contributed by atoms with Gasteiger partial charge in [-0.05, 0) is 70.7 Å². The normalized spacial score (nSPS) is 19.8. The number of carbonyl (C=O) groups is 1. The summed E-state index contributed by atoms with van der Waals surface area (Å²) in [6.07, 6.45) is 6.47. The average molecular weight is 489 g/mol. The fourth-order valence-electron chi connectivity index (χ4n) is 4.88. The monoisotopic (exact) mass is 488 g/mol. The lowest BCUT2D eigenvalue weighted by Crippen LogP contribution is -2.41. The topological polar surface area (TPSA) is 78.8 Å². The third-order valence-corrected chi connectivity index (χ3v) is 6.75. The number of nitrogens with zero attached hydrogens (tertiary/aromatic N) is 4. The smallest absolute Gasteiger partial charge is 0.257 e. The number of amides is 1. The van der Waals surface area contributed by atoms with Gasteiger partial charge in [-0.15, -0.1) is 0 Å². The van der Waals surface area contributed by atoms with Gasteiger partial charge >= 0.3 is 0 Å². The van der Waals surface area contributed by atoms with Crippen molar-refractivity contribution in [3.05, 3.63) is 42.0 Å². The van der Waals surface area contributed by atoms with Crippen LogP contribution in [0.15, 0.2) is 30.6 Å². The number of hydrogen-bond donors (Lipinski definition) is 1. The molecule has 190 valence electrons. The molecule has 2 aliphatic rings. The highest BCUT2D eigenvalue weighted by Crippen LogP contribution is 2.25. The van der Waals surface area contributed by atoms with E-state index >= 15 is 0 Å². The molecule has 9 heteroatoms. The van der Waals surface area contributed by atoms with Crippen LogP contribution in [-0.4, -0.2) is 81.9 Å². The number of piperidine rings is 1. The molecule has 0 saturated carbocycles. The van der Waals surface area contributed by atoms with Gasteiger partial charge in [-0.2, -0.15) is 0 Å². The van der Waals surface area contributed by atoms with Crippen molar-refractivity contribution in [3.63, 3.8) is 0 Å². The molecule has 0 bridgehead atoms. The van der Waals surface area contributed by atoms with E-state index in [1.807, 2.05) is 0 Å². The van der Waals surface area contributed by atoms with Gasteiger partial charge in [0.25, 0.3) is 5.91 Å². The number of alkyl halides is 1. The standard InChI is InChI=1S/C26H34F2N4O3/c1-26(2,28)17-31-10-7-18(8-11-31)16-35-24-14-29-23(13-30-24)19-5-6-21(22(27)12-19)25(34)32-9-3-4-20(32)15-33/h5-6,12-14,18,20,33H,3-4,7-11,15-17H2,1-2H3/t20-/m1/s1. The van der Waals surface area contributed by atoms with Gasteiger partial charge in [0.15, 0.2) is 0 Å². The molecule has 0 spiro atoms. The molecule has 4 rings (SSSR count). The Morgan fingerprint density at radius 3 is 2.57 bits per heavy atom. The number of aliphatic hydroxyl groups is 1. The third-order valence-electron chi connectivity index (χ3n) is 6.75. The molecule has 1 atom stereocenters. The van der Waals surface area contributed by atoms with Crippen molar-refractivity contribution in [1.82, 2.24) is 19.8 Å². The molecular formula is C26H34F2N4O3. The molecule has 2 aliphatic heterocycles. The van der Waals surface area contributed by atoms with Crippen LogP contribution in [-0.2, 0) is 0 Å². The second kappa shape index (κ2) is 11.0. The summed E-state index contributed by atoms with van der Waals surface area (Å²) in [5.74, 6) is -0.242. The maximum Gasteiger partial charge on any atom is 0.257 e. The van der Waals surface area contributed by atoms with E-state index in [1.54, 1.807) is 19.9 Å². The van der Waals surface area contributed by atoms with E-state index in [-0.39, 0.29) is 18.2 Å². The first kappa shape index (κ1) is 25.4.